The lowest BCUT2D eigenvalue weighted by molar-refractivity contribution is -0.00635. The van der Waals surface area contributed by atoms with E-state index in [0.717, 1.165) is 24.4 Å². The average molecular weight is 251 g/mol. The Bertz CT molecular complexity index is 373. The van der Waals surface area contributed by atoms with E-state index in [-0.39, 0.29) is 5.54 Å². The number of rotatable bonds is 6. The van der Waals surface area contributed by atoms with Crippen molar-refractivity contribution in [1.29, 1.82) is 0 Å². The highest BCUT2D eigenvalue weighted by Crippen LogP contribution is 2.32. The highest BCUT2D eigenvalue weighted by Gasteiger charge is 2.33. The first-order valence-electron chi connectivity index (χ1n) is 6.54. The lowest BCUT2D eigenvalue weighted by Gasteiger charge is -2.41. The molecule has 0 radical (unpaired) electrons. The van der Waals surface area contributed by atoms with E-state index in [9.17, 15) is 5.11 Å². The minimum Gasteiger partial charge on any atom is -0.497 e. The van der Waals surface area contributed by atoms with Crippen molar-refractivity contribution in [2.45, 2.75) is 39.3 Å². The number of methoxy groups -OCH3 is 1. The number of hydrogen-bond donors (Lipinski definition) is 1. The molecule has 0 aromatic heterocycles. The molecule has 1 aromatic carbocycles. The Kier molecular flexibility index (Phi) is 5.17. The molecule has 102 valence electrons. The zero-order valence-corrected chi connectivity index (χ0v) is 12.1. The molecule has 0 fully saturated rings. The summed E-state index contributed by atoms with van der Waals surface area (Å²) in [6, 6.07) is 7.64. The number of aliphatic hydroxyl groups excluding tert-OH is 1. The van der Waals surface area contributed by atoms with Crippen LogP contribution in [0.4, 0.5) is 0 Å². The number of hydrogen-bond acceptors (Lipinski definition) is 3. The molecule has 0 aliphatic carbocycles. The van der Waals surface area contributed by atoms with Gasteiger partial charge in [-0.15, -0.1) is 0 Å². The summed E-state index contributed by atoms with van der Waals surface area (Å²) in [7, 11) is 1.64. The lowest BCUT2D eigenvalue weighted by atomic mass is 9.89. The van der Waals surface area contributed by atoms with Gasteiger partial charge in [0.15, 0.2) is 0 Å². The van der Waals surface area contributed by atoms with Gasteiger partial charge in [-0.3, -0.25) is 4.90 Å². The molecular weight excluding hydrogens is 226 g/mol. The van der Waals surface area contributed by atoms with E-state index in [1.165, 1.54) is 0 Å². The van der Waals surface area contributed by atoms with Gasteiger partial charge in [-0.2, -0.15) is 0 Å². The third-order valence-electron chi connectivity index (χ3n) is 3.66. The molecule has 0 spiro atoms. The van der Waals surface area contributed by atoms with Crippen molar-refractivity contribution >= 4 is 0 Å². The Morgan fingerprint density at radius 3 is 2.39 bits per heavy atom. The van der Waals surface area contributed by atoms with Gasteiger partial charge in [0, 0.05) is 5.54 Å². The molecule has 0 aliphatic rings. The molecule has 3 heteroatoms. The van der Waals surface area contributed by atoms with Gasteiger partial charge in [-0.25, -0.2) is 0 Å². The molecule has 18 heavy (non-hydrogen) atoms. The summed E-state index contributed by atoms with van der Waals surface area (Å²) >= 11 is 0. The molecule has 1 rings (SSSR count). The molecule has 0 saturated carbocycles. The van der Waals surface area contributed by atoms with Crippen molar-refractivity contribution < 1.29 is 9.84 Å². The van der Waals surface area contributed by atoms with Gasteiger partial charge >= 0.3 is 0 Å². The maximum Gasteiger partial charge on any atom is 0.119 e. The van der Waals surface area contributed by atoms with Crippen molar-refractivity contribution in [1.82, 2.24) is 4.90 Å². The highest BCUT2D eigenvalue weighted by atomic mass is 16.5. The Labute approximate surface area is 110 Å². The third-order valence-corrected chi connectivity index (χ3v) is 3.66. The number of ether oxygens (including phenoxy) is 1. The molecule has 3 nitrogen and oxygen atoms in total. The van der Waals surface area contributed by atoms with Crippen LogP contribution >= 0.6 is 0 Å². The molecule has 0 saturated heterocycles. The van der Waals surface area contributed by atoms with Gasteiger partial charge in [0.1, 0.15) is 5.75 Å². The van der Waals surface area contributed by atoms with Gasteiger partial charge in [-0.05, 0) is 44.6 Å². The van der Waals surface area contributed by atoms with Gasteiger partial charge in [0.2, 0.25) is 0 Å². The molecule has 0 heterocycles. The van der Waals surface area contributed by atoms with Crippen molar-refractivity contribution in [3.63, 3.8) is 0 Å². The van der Waals surface area contributed by atoms with Crippen LogP contribution < -0.4 is 4.74 Å². The second-order valence-corrected chi connectivity index (χ2v) is 5.01. The second-order valence-electron chi connectivity index (χ2n) is 5.01. The monoisotopic (exact) mass is 251 g/mol. The van der Waals surface area contributed by atoms with Crippen LogP contribution in [0.25, 0.3) is 0 Å². The maximum atomic E-state index is 10.6. The summed E-state index contributed by atoms with van der Waals surface area (Å²) in [4.78, 5) is 2.26. The van der Waals surface area contributed by atoms with Crippen molar-refractivity contribution in [3.8, 4) is 5.75 Å². The number of benzene rings is 1. The molecule has 1 unspecified atom stereocenters. The smallest absolute Gasteiger partial charge is 0.119 e. The van der Waals surface area contributed by atoms with E-state index >= 15 is 0 Å². The zero-order valence-electron chi connectivity index (χ0n) is 12.1. The van der Waals surface area contributed by atoms with Gasteiger partial charge in [-0.1, -0.05) is 26.0 Å². The molecule has 0 amide bonds. The van der Waals surface area contributed by atoms with Gasteiger partial charge < -0.3 is 9.84 Å². The normalized spacial score (nSPS) is 13.7. The van der Waals surface area contributed by atoms with E-state index in [2.05, 4.69) is 32.6 Å². The molecule has 0 bridgehead atoms. The molecule has 1 atom stereocenters. The van der Waals surface area contributed by atoms with E-state index in [1.54, 1.807) is 7.11 Å². The SMILES string of the molecule is CCN(CC)C(C)(C)C(O)c1cccc(OC)c1. The number of aliphatic hydroxyl groups is 1. The quantitative estimate of drug-likeness (QED) is 0.844. The average Bonchev–Trinajstić information content (AvgIpc) is 2.39. The van der Waals surface area contributed by atoms with Crippen LogP contribution in [0.1, 0.15) is 39.4 Å². The van der Waals surface area contributed by atoms with Crippen molar-refractivity contribution in [3.05, 3.63) is 29.8 Å². The Morgan fingerprint density at radius 2 is 1.89 bits per heavy atom. The zero-order chi connectivity index (χ0) is 13.8. The van der Waals surface area contributed by atoms with Crippen LogP contribution in [-0.4, -0.2) is 35.7 Å². The summed E-state index contributed by atoms with van der Waals surface area (Å²) in [5, 5.41) is 10.6. The van der Waals surface area contributed by atoms with E-state index in [1.807, 2.05) is 24.3 Å². The van der Waals surface area contributed by atoms with Crippen LogP contribution in [0.15, 0.2) is 24.3 Å². The van der Waals surface area contributed by atoms with Gasteiger partial charge in [0.25, 0.3) is 0 Å². The molecule has 1 aromatic rings. The largest absolute Gasteiger partial charge is 0.497 e. The maximum absolute atomic E-state index is 10.6. The second kappa shape index (κ2) is 6.21. The predicted molar refractivity (Wildman–Crippen MR) is 75.0 cm³/mol. The summed E-state index contributed by atoms with van der Waals surface area (Å²) in [5.41, 5.74) is 0.599. The summed E-state index contributed by atoms with van der Waals surface area (Å²) in [6.45, 7) is 10.2. The van der Waals surface area contributed by atoms with Crippen LogP contribution in [0.3, 0.4) is 0 Å². The summed E-state index contributed by atoms with van der Waals surface area (Å²) in [5.74, 6) is 0.780. The Hall–Kier alpha value is -1.06. The Balaban J connectivity index is 3.00. The topological polar surface area (TPSA) is 32.7 Å². The first kappa shape index (κ1) is 15.0. The van der Waals surface area contributed by atoms with Crippen LogP contribution in [-0.2, 0) is 0 Å². The first-order chi connectivity index (χ1) is 8.47. The minimum atomic E-state index is -0.535. The number of nitrogens with zero attached hydrogens (tertiary/aromatic N) is 1. The number of likely N-dealkylation sites (N-methyl/N-ethyl adjacent to an activating group) is 1. The van der Waals surface area contributed by atoms with E-state index in [4.69, 9.17) is 4.74 Å². The predicted octanol–water partition coefficient (Wildman–Crippen LogP) is 2.85. The van der Waals surface area contributed by atoms with Crippen LogP contribution in [0, 0.1) is 0 Å². The van der Waals surface area contributed by atoms with Crippen molar-refractivity contribution in [2.75, 3.05) is 20.2 Å². The first-order valence-corrected chi connectivity index (χ1v) is 6.54. The fraction of sp³-hybridized carbons (Fsp3) is 0.600. The molecule has 0 aliphatic heterocycles. The van der Waals surface area contributed by atoms with Crippen LogP contribution in [0.2, 0.25) is 0 Å². The Morgan fingerprint density at radius 1 is 1.28 bits per heavy atom. The van der Waals surface area contributed by atoms with E-state index in [0.29, 0.717) is 0 Å². The highest BCUT2D eigenvalue weighted by molar-refractivity contribution is 5.31. The lowest BCUT2D eigenvalue weighted by Crippen LogP contribution is -2.48. The van der Waals surface area contributed by atoms with Crippen molar-refractivity contribution in [2.24, 2.45) is 0 Å². The fourth-order valence-electron chi connectivity index (χ4n) is 2.43. The van der Waals surface area contributed by atoms with Crippen LogP contribution in [0.5, 0.6) is 5.75 Å². The van der Waals surface area contributed by atoms with E-state index < -0.39 is 6.10 Å². The standard InChI is InChI=1S/C15H25NO2/c1-6-16(7-2)15(3,4)14(17)12-9-8-10-13(11-12)18-5/h8-11,14,17H,6-7H2,1-5H3. The fourth-order valence-corrected chi connectivity index (χ4v) is 2.43. The third kappa shape index (κ3) is 3.03. The van der Waals surface area contributed by atoms with Gasteiger partial charge in [0.05, 0.1) is 13.2 Å². The minimum absolute atomic E-state index is 0.296. The molecular formula is C15H25NO2. The summed E-state index contributed by atoms with van der Waals surface area (Å²) in [6.07, 6.45) is -0.535. The summed E-state index contributed by atoms with van der Waals surface area (Å²) < 4.78 is 5.21. The molecule has 1 N–H and O–H groups in total.